The Morgan fingerprint density at radius 2 is 2.06 bits per heavy atom. The molecule has 4 heteroatoms. The van der Waals surface area contributed by atoms with Crippen LogP contribution in [0.4, 0.5) is 0 Å². The van der Waals surface area contributed by atoms with Crippen LogP contribution in [0.25, 0.3) is 0 Å². The van der Waals surface area contributed by atoms with Gasteiger partial charge in [-0.25, -0.2) is 0 Å². The van der Waals surface area contributed by atoms with Crippen LogP contribution in [0.15, 0.2) is 41.2 Å². The number of rotatable bonds is 2. The number of halogens is 1. The van der Waals surface area contributed by atoms with Gasteiger partial charge in [-0.15, -0.1) is 0 Å². The van der Waals surface area contributed by atoms with Crippen LogP contribution >= 0.6 is 23.1 Å². The summed E-state index contributed by atoms with van der Waals surface area (Å²) in [5, 5.41) is 0. The third kappa shape index (κ3) is 1.70. The predicted molar refractivity (Wildman–Crippen MR) is 66.4 cm³/mol. The zero-order chi connectivity index (χ0) is 11.1. The van der Waals surface area contributed by atoms with Gasteiger partial charge in [0.2, 0.25) is 0 Å². The van der Waals surface area contributed by atoms with Crippen LogP contribution < -0.4 is 5.56 Å². The van der Waals surface area contributed by atoms with E-state index in [4.69, 9.17) is 11.6 Å². The van der Waals surface area contributed by atoms with Crippen molar-refractivity contribution in [3.8, 4) is 0 Å². The fraction of sp³-hybridized carbons (Fsp3) is 0.250. The number of hydrogen-bond donors (Lipinski definition) is 0. The number of benzene rings is 1. The molecule has 0 aliphatic heterocycles. The van der Waals surface area contributed by atoms with E-state index in [0.29, 0.717) is 16.3 Å². The van der Waals surface area contributed by atoms with Crippen LogP contribution in [0.3, 0.4) is 0 Å². The highest BCUT2D eigenvalue weighted by molar-refractivity contribution is 7.11. The van der Waals surface area contributed by atoms with Crippen molar-refractivity contribution in [3.05, 3.63) is 56.7 Å². The molecular formula is C12H10ClNOS. The van der Waals surface area contributed by atoms with E-state index in [-0.39, 0.29) is 5.56 Å². The molecule has 0 unspecified atom stereocenters. The van der Waals surface area contributed by atoms with Crippen molar-refractivity contribution in [2.45, 2.75) is 18.4 Å². The zero-order valence-electron chi connectivity index (χ0n) is 8.47. The minimum absolute atomic E-state index is 0.0263. The Labute approximate surface area is 102 Å². The summed E-state index contributed by atoms with van der Waals surface area (Å²) in [6.45, 7) is 0. The van der Waals surface area contributed by atoms with Crippen molar-refractivity contribution in [3.63, 3.8) is 0 Å². The molecule has 0 amide bonds. The fourth-order valence-electron chi connectivity index (χ4n) is 2.06. The third-order valence-electron chi connectivity index (χ3n) is 2.93. The first-order valence-corrected chi connectivity index (χ1v) is 6.34. The largest absolute Gasteiger partial charge is 0.268 e. The van der Waals surface area contributed by atoms with Crippen molar-refractivity contribution in [1.82, 2.24) is 3.96 Å². The maximum absolute atomic E-state index is 11.6. The first-order chi connectivity index (χ1) is 7.75. The molecule has 1 aromatic carbocycles. The van der Waals surface area contributed by atoms with Gasteiger partial charge in [0.1, 0.15) is 4.34 Å². The Kier molecular flexibility index (Phi) is 2.37. The molecule has 1 aliphatic rings. The molecule has 0 spiro atoms. The van der Waals surface area contributed by atoms with Gasteiger partial charge in [-0.05, 0) is 23.5 Å². The Bertz CT molecular complexity index is 560. The topological polar surface area (TPSA) is 22.0 Å². The Hall–Kier alpha value is -1.06. The summed E-state index contributed by atoms with van der Waals surface area (Å²) in [5.74, 6) is 0.480. The van der Waals surface area contributed by atoms with E-state index in [1.165, 1.54) is 23.2 Å². The molecule has 0 radical (unpaired) electrons. The van der Waals surface area contributed by atoms with Gasteiger partial charge in [0, 0.05) is 12.0 Å². The van der Waals surface area contributed by atoms with Crippen molar-refractivity contribution in [2.24, 2.45) is 0 Å². The maximum Gasteiger partial charge on any atom is 0.262 e. The second-order valence-corrected chi connectivity index (χ2v) is 5.67. The normalized spacial score (nSPS) is 23.3. The number of nitrogens with zero attached hydrogens (tertiary/aromatic N) is 1. The predicted octanol–water partition coefficient (Wildman–Crippen LogP) is 3.29. The van der Waals surface area contributed by atoms with Crippen LogP contribution in [0, 0.1) is 0 Å². The van der Waals surface area contributed by atoms with E-state index in [9.17, 15) is 4.79 Å². The summed E-state index contributed by atoms with van der Waals surface area (Å²) < 4.78 is 2.36. The lowest BCUT2D eigenvalue weighted by Crippen LogP contribution is -2.10. The minimum atomic E-state index is 0.0263. The van der Waals surface area contributed by atoms with Gasteiger partial charge in [0.25, 0.3) is 5.56 Å². The molecule has 2 aromatic rings. The highest BCUT2D eigenvalue weighted by Gasteiger charge is 2.41. The molecule has 0 saturated heterocycles. The molecule has 2 nitrogen and oxygen atoms in total. The second kappa shape index (κ2) is 3.75. The average Bonchev–Trinajstić information content (AvgIpc) is 3.00. The van der Waals surface area contributed by atoms with Crippen LogP contribution in [0.5, 0.6) is 0 Å². The number of aromatic nitrogens is 1. The fourth-order valence-corrected chi connectivity index (χ4v) is 3.23. The van der Waals surface area contributed by atoms with Crippen LogP contribution in [0.2, 0.25) is 4.34 Å². The van der Waals surface area contributed by atoms with E-state index in [1.807, 2.05) is 18.2 Å². The van der Waals surface area contributed by atoms with E-state index in [0.717, 1.165) is 6.42 Å². The van der Waals surface area contributed by atoms with Gasteiger partial charge >= 0.3 is 0 Å². The molecule has 0 N–H and O–H groups in total. The summed E-state index contributed by atoms with van der Waals surface area (Å²) in [5.41, 5.74) is 1.34. The minimum Gasteiger partial charge on any atom is -0.268 e. The van der Waals surface area contributed by atoms with Gasteiger partial charge < -0.3 is 0 Å². The Morgan fingerprint density at radius 3 is 2.69 bits per heavy atom. The molecule has 1 aliphatic carbocycles. The third-order valence-corrected chi connectivity index (χ3v) is 4.18. The monoisotopic (exact) mass is 251 g/mol. The lowest BCUT2D eigenvalue weighted by Gasteiger charge is -1.99. The molecule has 1 aromatic heterocycles. The van der Waals surface area contributed by atoms with Crippen molar-refractivity contribution < 1.29 is 0 Å². The Morgan fingerprint density at radius 1 is 1.31 bits per heavy atom. The summed E-state index contributed by atoms with van der Waals surface area (Å²) >= 11 is 7.18. The maximum atomic E-state index is 11.6. The van der Waals surface area contributed by atoms with Crippen molar-refractivity contribution in [1.29, 1.82) is 0 Å². The Balaban J connectivity index is 1.87. The van der Waals surface area contributed by atoms with Crippen molar-refractivity contribution >= 4 is 23.1 Å². The summed E-state index contributed by atoms with van der Waals surface area (Å²) in [7, 11) is 0. The van der Waals surface area contributed by atoms with E-state index >= 15 is 0 Å². The van der Waals surface area contributed by atoms with Gasteiger partial charge in [-0.1, -0.05) is 41.9 Å². The van der Waals surface area contributed by atoms with Gasteiger partial charge in [-0.3, -0.25) is 8.75 Å². The first kappa shape index (κ1) is 10.1. The highest BCUT2D eigenvalue weighted by atomic mass is 35.5. The SMILES string of the molecule is O=c1cc(Cl)sn1[C@H]1C[C@@H]1c1ccccc1. The highest BCUT2D eigenvalue weighted by Crippen LogP contribution is 2.51. The molecule has 16 heavy (non-hydrogen) atoms. The van der Waals surface area contributed by atoms with E-state index < -0.39 is 0 Å². The summed E-state index contributed by atoms with van der Waals surface area (Å²) in [4.78, 5) is 11.6. The molecule has 82 valence electrons. The summed E-state index contributed by atoms with van der Waals surface area (Å²) in [6, 6.07) is 12.1. The van der Waals surface area contributed by atoms with E-state index in [2.05, 4.69) is 12.1 Å². The molecule has 1 fully saturated rings. The van der Waals surface area contributed by atoms with Crippen molar-refractivity contribution in [2.75, 3.05) is 0 Å². The standard InChI is InChI=1S/C12H10ClNOS/c13-11-7-12(15)14(16-11)10-6-9(10)8-4-2-1-3-5-8/h1-5,7,9-10H,6H2/t9-,10+/m1/s1. The molecule has 1 saturated carbocycles. The molecular weight excluding hydrogens is 242 g/mol. The lowest BCUT2D eigenvalue weighted by molar-refractivity contribution is 0.760. The van der Waals surface area contributed by atoms with Gasteiger partial charge in [-0.2, -0.15) is 0 Å². The number of hydrogen-bond acceptors (Lipinski definition) is 2. The smallest absolute Gasteiger partial charge is 0.262 e. The summed E-state index contributed by atoms with van der Waals surface area (Å²) in [6.07, 6.45) is 1.04. The zero-order valence-corrected chi connectivity index (χ0v) is 10.0. The van der Waals surface area contributed by atoms with Crippen LogP contribution in [-0.4, -0.2) is 3.96 Å². The van der Waals surface area contributed by atoms with Gasteiger partial charge in [0.05, 0.1) is 6.04 Å². The molecule has 2 atom stereocenters. The van der Waals surface area contributed by atoms with Gasteiger partial charge in [0.15, 0.2) is 0 Å². The van der Waals surface area contributed by atoms with Crippen LogP contribution in [-0.2, 0) is 0 Å². The first-order valence-electron chi connectivity index (χ1n) is 5.19. The molecule has 0 bridgehead atoms. The quantitative estimate of drug-likeness (QED) is 0.803. The molecule has 3 rings (SSSR count). The van der Waals surface area contributed by atoms with E-state index in [1.54, 1.807) is 3.96 Å². The second-order valence-electron chi connectivity index (χ2n) is 4.02. The average molecular weight is 252 g/mol. The lowest BCUT2D eigenvalue weighted by atomic mass is 10.1. The van der Waals surface area contributed by atoms with Crippen LogP contribution in [0.1, 0.15) is 23.9 Å². The molecule has 1 heterocycles.